The van der Waals surface area contributed by atoms with Crippen molar-refractivity contribution < 1.29 is 23.1 Å². The number of methoxy groups -OCH3 is 1. The van der Waals surface area contributed by atoms with Crippen molar-refractivity contribution in [2.45, 2.75) is 13.3 Å². The van der Waals surface area contributed by atoms with Crippen molar-refractivity contribution in [1.82, 2.24) is 0 Å². The van der Waals surface area contributed by atoms with Crippen LogP contribution in [0.4, 0.5) is 5.69 Å². The van der Waals surface area contributed by atoms with Crippen LogP contribution in [0.25, 0.3) is 0 Å². The Hall–Kier alpha value is -1.76. The zero-order chi connectivity index (χ0) is 14.5. The summed E-state index contributed by atoms with van der Waals surface area (Å²) in [5, 5.41) is 8.72. The molecule has 0 fully saturated rings. The number of ether oxygens (including phenoxy) is 1. The Morgan fingerprint density at radius 3 is 2.53 bits per heavy atom. The number of carbonyl (C=O) groups is 1. The van der Waals surface area contributed by atoms with Gasteiger partial charge in [-0.1, -0.05) is 12.1 Å². The summed E-state index contributed by atoms with van der Waals surface area (Å²) in [6.07, 6.45) is -0.267. The molecule has 0 amide bonds. The highest BCUT2D eigenvalue weighted by molar-refractivity contribution is 7.92. The molecule has 0 saturated heterocycles. The number of hydrogen-bond acceptors (Lipinski definition) is 4. The van der Waals surface area contributed by atoms with Gasteiger partial charge in [-0.15, -0.1) is 0 Å². The molecular weight excluding hydrogens is 270 g/mol. The van der Waals surface area contributed by atoms with E-state index in [4.69, 9.17) is 9.84 Å². The molecule has 0 heterocycles. The highest BCUT2D eigenvalue weighted by Crippen LogP contribution is 2.29. The Bertz CT molecular complexity index is 541. The van der Waals surface area contributed by atoms with Gasteiger partial charge in [0.05, 0.1) is 25.0 Å². The fourth-order valence-electron chi connectivity index (χ4n) is 1.60. The number of hydrogen-bond donors (Lipinski definition) is 1. The van der Waals surface area contributed by atoms with E-state index in [2.05, 4.69) is 0 Å². The Kier molecular flexibility index (Phi) is 5.17. The molecule has 0 bridgehead atoms. The maximum absolute atomic E-state index is 12.1. The molecule has 6 nitrogen and oxygen atoms in total. The van der Waals surface area contributed by atoms with Crippen LogP contribution >= 0.6 is 0 Å². The molecule has 106 valence electrons. The smallest absolute Gasteiger partial charge is 0.305 e. The third-order valence-corrected chi connectivity index (χ3v) is 4.36. The Labute approximate surface area is 112 Å². The predicted octanol–water partition coefficient (Wildman–Crippen LogP) is 1.33. The minimum absolute atomic E-state index is 0.106. The minimum atomic E-state index is -3.55. The lowest BCUT2D eigenvalue weighted by Crippen LogP contribution is -2.34. The maximum atomic E-state index is 12.1. The normalized spacial score (nSPS) is 11.1. The van der Waals surface area contributed by atoms with Crippen LogP contribution in [0.5, 0.6) is 5.75 Å². The molecule has 0 radical (unpaired) electrons. The van der Waals surface area contributed by atoms with Crippen LogP contribution in [0, 0.1) is 0 Å². The summed E-state index contributed by atoms with van der Waals surface area (Å²) >= 11 is 0. The van der Waals surface area contributed by atoms with Crippen LogP contribution in [0.3, 0.4) is 0 Å². The number of carboxylic acids is 1. The maximum Gasteiger partial charge on any atom is 0.305 e. The van der Waals surface area contributed by atoms with Crippen LogP contribution < -0.4 is 9.04 Å². The molecule has 0 spiro atoms. The van der Waals surface area contributed by atoms with Gasteiger partial charge in [0, 0.05) is 6.54 Å². The van der Waals surface area contributed by atoms with Gasteiger partial charge in [0.25, 0.3) is 0 Å². The molecule has 1 rings (SSSR count). The van der Waals surface area contributed by atoms with Gasteiger partial charge in [0.15, 0.2) is 0 Å². The van der Waals surface area contributed by atoms with E-state index < -0.39 is 16.0 Å². The van der Waals surface area contributed by atoms with Gasteiger partial charge in [-0.05, 0) is 19.1 Å². The molecule has 0 aliphatic heterocycles. The van der Waals surface area contributed by atoms with Crippen LogP contribution in [0.2, 0.25) is 0 Å². The van der Waals surface area contributed by atoms with Crippen LogP contribution in [-0.2, 0) is 14.8 Å². The largest absolute Gasteiger partial charge is 0.495 e. The average Bonchev–Trinajstić information content (AvgIpc) is 2.39. The van der Waals surface area contributed by atoms with Gasteiger partial charge in [-0.3, -0.25) is 9.10 Å². The first-order valence-corrected chi connectivity index (χ1v) is 7.38. The van der Waals surface area contributed by atoms with Gasteiger partial charge in [0.1, 0.15) is 5.75 Å². The minimum Gasteiger partial charge on any atom is -0.495 e. The van der Waals surface area contributed by atoms with E-state index in [-0.39, 0.29) is 18.7 Å². The first-order chi connectivity index (χ1) is 8.92. The molecule has 0 aliphatic rings. The van der Waals surface area contributed by atoms with Crippen LogP contribution in [0.15, 0.2) is 24.3 Å². The first kappa shape index (κ1) is 15.3. The molecular formula is C12H17NO5S. The van der Waals surface area contributed by atoms with Crippen molar-refractivity contribution in [2.75, 3.05) is 23.7 Å². The van der Waals surface area contributed by atoms with Gasteiger partial charge < -0.3 is 9.84 Å². The van der Waals surface area contributed by atoms with Crippen molar-refractivity contribution in [1.29, 1.82) is 0 Å². The van der Waals surface area contributed by atoms with Gasteiger partial charge in [0.2, 0.25) is 10.0 Å². The van der Waals surface area contributed by atoms with E-state index in [0.717, 1.165) is 4.31 Å². The van der Waals surface area contributed by atoms with Gasteiger partial charge in [-0.25, -0.2) is 8.42 Å². The summed E-state index contributed by atoms with van der Waals surface area (Å²) in [4.78, 5) is 10.7. The predicted molar refractivity (Wildman–Crippen MR) is 72.1 cm³/mol. The van der Waals surface area contributed by atoms with Crippen molar-refractivity contribution >= 4 is 21.7 Å². The molecule has 0 saturated carbocycles. The van der Waals surface area contributed by atoms with E-state index in [1.54, 1.807) is 24.3 Å². The zero-order valence-electron chi connectivity index (χ0n) is 10.9. The van der Waals surface area contributed by atoms with E-state index in [1.165, 1.54) is 14.0 Å². The van der Waals surface area contributed by atoms with E-state index in [1.807, 2.05) is 0 Å². The summed E-state index contributed by atoms with van der Waals surface area (Å²) in [7, 11) is -2.11. The summed E-state index contributed by atoms with van der Waals surface area (Å²) in [5.74, 6) is -0.763. The fraction of sp³-hybridized carbons (Fsp3) is 0.417. The Morgan fingerprint density at radius 2 is 2.00 bits per heavy atom. The number of carboxylic acid groups (broad SMARTS) is 1. The molecule has 1 aromatic rings. The number of nitrogens with zero attached hydrogens (tertiary/aromatic N) is 1. The summed E-state index contributed by atoms with van der Waals surface area (Å²) in [6.45, 7) is 1.39. The molecule has 0 aliphatic carbocycles. The van der Waals surface area contributed by atoms with E-state index >= 15 is 0 Å². The number of anilines is 1. The molecule has 7 heteroatoms. The van der Waals surface area contributed by atoms with Crippen molar-refractivity contribution in [2.24, 2.45) is 0 Å². The summed E-state index contributed by atoms with van der Waals surface area (Å²) < 4.78 is 30.3. The molecule has 0 unspecified atom stereocenters. The number of sulfonamides is 1. The zero-order valence-corrected chi connectivity index (χ0v) is 11.7. The second kappa shape index (κ2) is 6.42. The third-order valence-electron chi connectivity index (χ3n) is 2.58. The van der Waals surface area contributed by atoms with E-state index in [0.29, 0.717) is 11.4 Å². The van der Waals surface area contributed by atoms with E-state index in [9.17, 15) is 13.2 Å². The third kappa shape index (κ3) is 3.85. The molecule has 19 heavy (non-hydrogen) atoms. The standard InChI is InChI=1S/C12H17NO5S/c1-3-19(16,17)13(9-8-12(14)15)10-6-4-5-7-11(10)18-2/h4-7H,3,8-9H2,1-2H3,(H,14,15). The molecule has 0 atom stereocenters. The number of rotatable bonds is 7. The summed E-state index contributed by atoms with van der Waals surface area (Å²) in [5.41, 5.74) is 0.355. The topological polar surface area (TPSA) is 83.9 Å². The molecule has 1 aromatic carbocycles. The number of para-hydroxylation sites is 2. The van der Waals surface area contributed by atoms with Gasteiger partial charge in [-0.2, -0.15) is 0 Å². The highest BCUT2D eigenvalue weighted by atomic mass is 32.2. The van der Waals surface area contributed by atoms with Crippen molar-refractivity contribution in [3.63, 3.8) is 0 Å². The Balaban J connectivity index is 3.19. The van der Waals surface area contributed by atoms with Crippen LogP contribution in [0.1, 0.15) is 13.3 Å². The van der Waals surface area contributed by atoms with Crippen molar-refractivity contribution in [3.8, 4) is 5.75 Å². The Morgan fingerprint density at radius 1 is 1.37 bits per heavy atom. The molecule has 1 N–H and O–H groups in total. The second-order valence-corrected chi connectivity index (χ2v) is 5.97. The highest BCUT2D eigenvalue weighted by Gasteiger charge is 2.23. The quantitative estimate of drug-likeness (QED) is 0.817. The lowest BCUT2D eigenvalue weighted by atomic mass is 10.3. The monoisotopic (exact) mass is 287 g/mol. The number of benzene rings is 1. The van der Waals surface area contributed by atoms with Crippen LogP contribution in [-0.4, -0.2) is 38.9 Å². The molecule has 0 aromatic heterocycles. The second-order valence-electron chi connectivity index (χ2n) is 3.79. The first-order valence-electron chi connectivity index (χ1n) is 5.77. The number of aliphatic carboxylic acids is 1. The van der Waals surface area contributed by atoms with Crippen molar-refractivity contribution in [3.05, 3.63) is 24.3 Å². The lowest BCUT2D eigenvalue weighted by molar-refractivity contribution is -0.136. The SMILES string of the molecule is CCS(=O)(=O)N(CCC(=O)O)c1ccccc1OC. The lowest BCUT2D eigenvalue weighted by Gasteiger charge is -2.24. The van der Waals surface area contributed by atoms with Gasteiger partial charge >= 0.3 is 5.97 Å². The fourth-order valence-corrected chi connectivity index (χ4v) is 2.73. The average molecular weight is 287 g/mol. The summed E-state index contributed by atoms with van der Waals surface area (Å²) in [6, 6.07) is 6.62.